The summed E-state index contributed by atoms with van der Waals surface area (Å²) in [6, 6.07) is 4.03. The van der Waals surface area contributed by atoms with Crippen LogP contribution < -0.4 is 5.73 Å². The van der Waals surface area contributed by atoms with Crippen LogP contribution in [0.3, 0.4) is 0 Å². The number of furan rings is 1. The highest BCUT2D eigenvalue weighted by molar-refractivity contribution is 5.86. The standard InChI is InChI=1S/C15H22N2O2/c1-10-8-12(10)13-5-4-11(19-13)9-17(2)14(18)15(16)6-3-7-15/h4-5,10,12H,3,6-9,16H2,1-2H3. The number of likely N-dealkylation sites (N-methyl/N-ethyl adjacent to an activating group) is 1. The Kier molecular flexibility index (Phi) is 2.93. The second-order valence-corrected chi connectivity index (χ2v) is 6.29. The molecule has 1 aromatic rings. The Hall–Kier alpha value is -1.29. The Bertz CT molecular complexity index is 490. The van der Waals surface area contributed by atoms with Gasteiger partial charge in [-0.25, -0.2) is 0 Å². The van der Waals surface area contributed by atoms with E-state index in [9.17, 15) is 4.79 Å². The SMILES string of the molecule is CC1CC1c1ccc(CN(C)C(=O)C2(N)CCC2)o1. The first-order valence-corrected chi connectivity index (χ1v) is 7.13. The van der Waals surface area contributed by atoms with E-state index in [-0.39, 0.29) is 5.91 Å². The summed E-state index contributed by atoms with van der Waals surface area (Å²) in [5.74, 6) is 3.28. The molecular weight excluding hydrogens is 240 g/mol. The Labute approximate surface area is 113 Å². The molecule has 4 heteroatoms. The van der Waals surface area contributed by atoms with Crippen LogP contribution in [-0.4, -0.2) is 23.4 Å². The molecule has 1 heterocycles. The summed E-state index contributed by atoms with van der Waals surface area (Å²) in [6.45, 7) is 2.75. The summed E-state index contributed by atoms with van der Waals surface area (Å²) >= 11 is 0. The average molecular weight is 262 g/mol. The summed E-state index contributed by atoms with van der Waals surface area (Å²) < 4.78 is 5.83. The van der Waals surface area contributed by atoms with Gasteiger partial charge in [-0.15, -0.1) is 0 Å². The van der Waals surface area contributed by atoms with E-state index in [1.54, 1.807) is 11.9 Å². The maximum Gasteiger partial charge on any atom is 0.242 e. The van der Waals surface area contributed by atoms with Gasteiger partial charge in [-0.2, -0.15) is 0 Å². The minimum absolute atomic E-state index is 0.0384. The van der Waals surface area contributed by atoms with E-state index < -0.39 is 5.54 Å². The fourth-order valence-corrected chi connectivity index (χ4v) is 2.85. The van der Waals surface area contributed by atoms with Gasteiger partial charge in [0.15, 0.2) is 0 Å². The molecule has 3 rings (SSSR count). The van der Waals surface area contributed by atoms with Crippen molar-refractivity contribution >= 4 is 5.91 Å². The first kappa shape index (κ1) is 12.7. The van der Waals surface area contributed by atoms with Crippen molar-refractivity contribution in [2.75, 3.05) is 7.05 Å². The zero-order valence-electron chi connectivity index (χ0n) is 11.7. The molecule has 0 spiro atoms. The highest BCUT2D eigenvalue weighted by Gasteiger charge is 2.42. The molecule has 19 heavy (non-hydrogen) atoms. The number of nitrogens with zero attached hydrogens (tertiary/aromatic N) is 1. The van der Waals surface area contributed by atoms with Gasteiger partial charge in [-0.3, -0.25) is 4.79 Å². The number of hydrogen-bond acceptors (Lipinski definition) is 3. The highest BCUT2D eigenvalue weighted by atomic mass is 16.3. The van der Waals surface area contributed by atoms with Crippen LogP contribution in [0.5, 0.6) is 0 Å². The summed E-state index contributed by atoms with van der Waals surface area (Å²) in [5.41, 5.74) is 5.44. The number of carbonyl (C=O) groups is 1. The molecule has 104 valence electrons. The van der Waals surface area contributed by atoms with Crippen LogP contribution in [0, 0.1) is 5.92 Å². The fraction of sp³-hybridized carbons (Fsp3) is 0.667. The molecule has 0 radical (unpaired) electrons. The van der Waals surface area contributed by atoms with Crippen molar-refractivity contribution in [2.24, 2.45) is 11.7 Å². The molecule has 2 saturated carbocycles. The van der Waals surface area contributed by atoms with Crippen LogP contribution >= 0.6 is 0 Å². The van der Waals surface area contributed by atoms with E-state index in [0.717, 1.165) is 36.7 Å². The van der Waals surface area contributed by atoms with Crippen molar-refractivity contribution in [1.29, 1.82) is 0 Å². The monoisotopic (exact) mass is 262 g/mol. The predicted molar refractivity (Wildman–Crippen MR) is 72.5 cm³/mol. The quantitative estimate of drug-likeness (QED) is 0.905. The van der Waals surface area contributed by atoms with Gasteiger partial charge in [0.05, 0.1) is 12.1 Å². The Balaban J connectivity index is 1.61. The third-order valence-electron chi connectivity index (χ3n) is 4.57. The van der Waals surface area contributed by atoms with Crippen molar-refractivity contribution < 1.29 is 9.21 Å². The number of carbonyl (C=O) groups excluding carboxylic acids is 1. The lowest BCUT2D eigenvalue weighted by Gasteiger charge is -2.39. The molecule has 1 amide bonds. The van der Waals surface area contributed by atoms with Crippen molar-refractivity contribution in [2.45, 2.75) is 50.6 Å². The largest absolute Gasteiger partial charge is 0.464 e. The maximum atomic E-state index is 12.2. The van der Waals surface area contributed by atoms with Crippen LogP contribution in [0.2, 0.25) is 0 Å². The smallest absolute Gasteiger partial charge is 0.242 e. The minimum atomic E-state index is -0.616. The molecule has 0 aliphatic heterocycles. The second-order valence-electron chi connectivity index (χ2n) is 6.29. The Morgan fingerprint density at radius 1 is 1.53 bits per heavy atom. The zero-order valence-corrected chi connectivity index (χ0v) is 11.7. The molecule has 2 aliphatic carbocycles. The minimum Gasteiger partial charge on any atom is -0.464 e. The summed E-state index contributed by atoms with van der Waals surface area (Å²) in [5, 5.41) is 0. The lowest BCUT2D eigenvalue weighted by Crippen LogP contribution is -2.58. The van der Waals surface area contributed by atoms with Gasteiger partial charge in [-0.05, 0) is 43.7 Å². The molecular formula is C15H22N2O2. The summed E-state index contributed by atoms with van der Waals surface area (Å²) in [6.07, 6.45) is 3.88. The van der Waals surface area contributed by atoms with Gasteiger partial charge in [0, 0.05) is 13.0 Å². The Morgan fingerprint density at radius 3 is 2.74 bits per heavy atom. The average Bonchev–Trinajstić information content (AvgIpc) is 2.88. The molecule has 0 aromatic carbocycles. The lowest BCUT2D eigenvalue weighted by molar-refractivity contribution is -0.139. The van der Waals surface area contributed by atoms with Crippen LogP contribution in [0.25, 0.3) is 0 Å². The van der Waals surface area contributed by atoms with Crippen LogP contribution in [0.1, 0.15) is 50.0 Å². The van der Waals surface area contributed by atoms with Crippen LogP contribution in [-0.2, 0) is 11.3 Å². The van der Waals surface area contributed by atoms with Gasteiger partial charge in [0.1, 0.15) is 11.5 Å². The number of rotatable bonds is 4. The van der Waals surface area contributed by atoms with Gasteiger partial charge in [-0.1, -0.05) is 6.92 Å². The van der Waals surface area contributed by atoms with E-state index in [1.165, 1.54) is 6.42 Å². The molecule has 4 nitrogen and oxygen atoms in total. The third-order valence-corrected chi connectivity index (χ3v) is 4.57. The number of amides is 1. The van der Waals surface area contributed by atoms with E-state index in [2.05, 4.69) is 6.92 Å². The molecule has 2 aliphatic rings. The summed E-state index contributed by atoms with van der Waals surface area (Å²) in [4.78, 5) is 13.9. The number of nitrogens with two attached hydrogens (primary N) is 1. The van der Waals surface area contributed by atoms with E-state index >= 15 is 0 Å². The van der Waals surface area contributed by atoms with Gasteiger partial charge in [0.2, 0.25) is 5.91 Å². The van der Waals surface area contributed by atoms with Gasteiger partial charge >= 0.3 is 0 Å². The summed E-state index contributed by atoms with van der Waals surface area (Å²) in [7, 11) is 1.80. The van der Waals surface area contributed by atoms with Gasteiger partial charge < -0.3 is 15.1 Å². The first-order valence-electron chi connectivity index (χ1n) is 7.13. The topological polar surface area (TPSA) is 59.5 Å². The first-order chi connectivity index (χ1) is 8.99. The fourth-order valence-electron chi connectivity index (χ4n) is 2.85. The van der Waals surface area contributed by atoms with E-state index in [1.807, 2.05) is 12.1 Å². The zero-order chi connectivity index (χ0) is 13.6. The van der Waals surface area contributed by atoms with Crippen molar-refractivity contribution in [3.63, 3.8) is 0 Å². The lowest BCUT2D eigenvalue weighted by atomic mass is 9.76. The van der Waals surface area contributed by atoms with E-state index in [4.69, 9.17) is 10.2 Å². The van der Waals surface area contributed by atoms with Crippen LogP contribution in [0.4, 0.5) is 0 Å². The van der Waals surface area contributed by atoms with Gasteiger partial charge in [0.25, 0.3) is 0 Å². The molecule has 0 bridgehead atoms. The Morgan fingerprint density at radius 2 is 2.21 bits per heavy atom. The van der Waals surface area contributed by atoms with Crippen LogP contribution in [0.15, 0.2) is 16.5 Å². The van der Waals surface area contributed by atoms with Crippen molar-refractivity contribution in [3.8, 4) is 0 Å². The molecule has 2 unspecified atom stereocenters. The predicted octanol–water partition coefficient (Wildman–Crippen LogP) is 2.24. The normalized spacial score (nSPS) is 27.7. The number of hydrogen-bond donors (Lipinski definition) is 1. The molecule has 1 aromatic heterocycles. The second kappa shape index (κ2) is 4.37. The van der Waals surface area contributed by atoms with Crippen molar-refractivity contribution in [3.05, 3.63) is 23.7 Å². The molecule has 2 fully saturated rings. The van der Waals surface area contributed by atoms with E-state index in [0.29, 0.717) is 12.5 Å². The highest BCUT2D eigenvalue weighted by Crippen LogP contribution is 2.47. The molecule has 2 N–H and O–H groups in total. The molecule has 2 atom stereocenters. The van der Waals surface area contributed by atoms with Crippen molar-refractivity contribution in [1.82, 2.24) is 4.90 Å². The third kappa shape index (κ3) is 2.29. The molecule has 0 saturated heterocycles. The maximum absolute atomic E-state index is 12.2.